The van der Waals surface area contributed by atoms with E-state index >= 15 is 0 Å². The van der Waals surface area contributed by atoms with Crippen LogP contribution in [0.5, 0.6) is 0 Å². The molecule has 0 amide bonds. The lowest BCUT2D eigenvalue weighted by molar-refractivity contribution is -0.137. The van der Waals surface area contributed by atoms with Crippen LogP contribution in [0.2, 0.25) is 0 Å². The van der Waals surface area contributed by atoms with Gasteiger partial charge in [0.15, 0.2) is 6.29 Å². The molecule has 0 atom stereocenters. The van der Waals surface area contributed by atoms with E-state index in [1.165, 1.54) is 12.8 Å². The molecule has 0 aromatic rings. The fourth-order valence-corrected chi connectivity index (χ4v) is 2.46. The molecule has 0 radical (unpaired) electrons. The summed E-state index contributed by atoms with van der Waals surface area (Å²) in [4.78, 5) is 11.1. The molecule has 0 bridgehead atoms. The molecule has 0 N–H and O–H groups in total. The molecule has 0 aromatic heterocycles. The lowest BCUT2D eigenvalue weighted by atomic mass is 9.78. The number of hydrogen-bond acceptors (Lipinski definition) is 2. The lowest BCUT2D eigenvalue weighted by Gasteiger charge is -2.35. The molecule has 0 heterocycles. The standard InChI is InChI=1S/C13H24O2/c1-3-5-12-6-8-13(11-14,9-7-12)15-10-4-2/h11-12H,3-10H2,1-2H3. The smallest absolute Gasteiger partial charge is 0.151 e. The Hall–Kier alpha value is -0.370. The molecule has 0 spiro atoms. The SMILES string of the molecule is CCCOC1(C=O)CCC(CCC)CC1. The summed E-state index contributed by atoms with van der Waals surface area (Å²) in [5, 5.41) is 0. The van der Waals surface area contributed by atoms with Crippen LogP contribution in [0.3, 0.4) is 0 Å². The van der Waals surface area contributed by atoms with Gasteiger partial charge in [0, 0.05) is 6.61 Å². The van der Waals surface area contributed by atoms with Gasteiger partial charge in [0.05, 0.1) is 0 Å². The van der Waals surface area contributed by atoms with Crippen molar-refractivity contribution < 1.29 is 9.53 Å². The number of carbonyl (C=O) groups excluding carboxylic acids is 1. The van der Waals surface area contributed by atoms with Crippen molar-refractivity contribution in [3.63, 3.8) is 0 Å². The Kier molecular flexibility index (Phi) is 5.30. The second-order valence-corrected chi connectivity index (χ2v) is 4.76. The van der Waals surface area contributed by atoms with Crippen LogP contribution in [0.4, 0.5) is 0 Å². The van der Waals surface area contributed by atoms with Crippen LogP contribution < -0.4 is 0 Å². The van der Waals surface area contributed by atoms with E-state index in [1.807, 2.05) is 0 Å². The molecule has 1 saturated carbocycles. The van der Waals surface area contributed by atoms with Crippen molar-refractivity contribution >= 4 is 6.29 Å². The maximum absolute atomic E-state index is 11.1. The van der Waals surface area contributed by atoms with E-state index in [0.29, 0.717) is 0 Å². The Balaban J connectivity index is 2.39. The van der Waals surface area contributed by atoms with E-state index in [2.05, 4.69) is 13.8 Å². The van der Waals surface area contributed by atoms with Gasteiger partial charge < -0.3 is 9.53 Å². The zero-order valence-electron chi connectivity index (χ0n) is 10.1. The summed E-state index contributed by atoms with van der Waals surface area (Å²) in [7, 11) is 0. The minimum atomic E-state index is -0.430. The molecule has 15 heavy (non-hydrogen) atoms. The first-order chi connectivity index (χ1) is 7.26. The van der Waals surface area contributed by atoms with Crippen LogP contribution in [0.25, 0.3) is 0 Å². The molecule has 0 aliphatic heterocycles. The van der Waals surface area contributed by atoms with Gasteiger partial charge in [0.2, 0.25) is 0 Å². The molecule has 88 valence electrons. The highest BCUT2D eigenvalue weighted by atomic mass is 16.5. The van der Waals surface area contributed by atoms with E-state index in [1.54, 1.807) is 0 Å². The van der Waals surface area contributed by atoms with E-state index in [0.717, 1.165) is 50.9 Å². The van der Waals surface area contributed by atoms with Crippen molar-refractivity contribution in [2.24, 2.45) is 5.92 Å². The Morgan fingerprint density at radius 1 is 1.27 bits per heavy atom. The Morgan fingerprint density at radius 3 is 2.40 bits per heavy atom. The van der Waals surface area contributed by atoms with Gasteiger partial charge in [0.1, 0.15) is 5.60 Å². The average molecular weight is 212 g/mol. The highest BCUT2D eigenvalue weighted by Gasteiger charge is 2.35. The van der Waals surface area contributed by atoms with Crippen molar-refractivity contribution in [1.29, 1.82) is 0 Å². The molecule has 1 aliphatic rings. The van der Waals surface area contributed by atoms with Crippen molar-refractivity contribution in [3.05, 3.63) is 0 Å². The fraction of sp³-hybridized carbons (Fsp3) is 0.923. The van der Waals surface area contributed by atoms with Gasteiger partial charge in [-0.25, -0.2) is 0 Å². The maximum atomic E-state index is 11.1. The summed E-state index contributed by atoms with van der Waals surface area (Å²) in [6.45, 7) is 5.04. The van der Waals surface area contributed by atoms with Gasteiger partial charge in [-0.2, -0.15) is 0 Å². The third kappa shape index (κ3) is 3.60. The quantitative estimate of drug-likeness (QED) is 0.631. The lowest BCUT2D eigenvalue weighted by Crippen LogP contribution is -2.39. The molecule has 1 fully saturated rings. The summed E-state index contributed by atoms with van der Waals surface area (Å²) >= 11 is 0. The fourth-order valence-electron chi connectivity index (χ4n) is 2.46. The van der Waals surface area contributed by atoms with Crippen LogP contribution in [-0.2, 0) is 9.53 Å². The van der Waals surface area contributed by atoms with Crippen LogP contribution in [0.1, 0.15) is 58.8 Å². The Morgan fingerprint density at radius 2 is 1.93 bits per heavy atom. The van der Waals surface area contributed by atoms with Crippen molar-refractivity contribution in [3.8, 4) is 0 Å². The second-order valence-electron chi connectivity index (χ2n) is 4.76. The summed E-state index contributed by atoms with van der Waals surface area (Å²) in [6, 6.07) is 0. The van der Waals surface area contributed by atoms with Crippen LogP contribution in [0.15, 0.2) is 0 Å². The summed E-state index contributed by atoms with van der Waals surface area (Å²) in [6.07, 6.45) is 8.80. The molecule has 0 aromatic carbocycles. The largest absolute Gasteiger partial charge is 0.368 e. The third-order valence-electron chi connectivity index (χ3n) is 3.46. The van der Waals surface area contributed by atoms with Crippen molar-refractivity contribution in [1.82, 2.24) is 0 Å². The van der Waals surface area contributed by atoms with Gasteiger partial charge >= 0.3 is 0 Å². The molecule has 0 unspecified atom stereocenters. The zero-order valence-corrected chi connectivity index (χ0v) is 10.1. The Bertz CT molecular complexity index is 181. The topological polar surface area (TPSA) is 26.3 Å². The molecule has 1 aliphatic carbocycles. The highest BCUT2D eigenvalue weighted by Crippen LogP contribution is 2.35. The van der Waals surface area contributed by atoms with Crippen LogP contribution in [0, 0.1) is 5.92 Å². The first kappa shape index (κ1) is 12.7. The first-order valence-electron chi connectivity index (χ1n) is 6.36. The van der Waals surface area contributed by atoms with Gasteiger partial charge in [-0.1, -0.05) is 26.7 Å². The van der Waals surface area contributed by atoms with E-state index in [4.69, 9.17) is 4.74 Å². The molecular weight excluding hydrogens is 188 g/mol. The average Bonchev–Trinajstić information content (AvgIpc) is 2.29. The summed E-state index contributed by atoms with van der Waals surface area (Å²) in [5.74, 6) is 0.827. The number of rotatable bonds is 6. The van der Waals surface area contributed by atoms with Gasteiger partial charge in [-0.3, -0.25) is 0 Å². The number of carbonyl (C=O) groups is 1. The number of ether oxygens (including phenoxy) is 1. The minimum absolute atomic E-state index is 0.430. The van der Waals surface area contributed by atoms with Gasteiger partial charge in [-0.05, 0) is 38.0 Å². The van der Waals surface area contributed by atoms with Crippen LogP contribution in [-0.4, -0.2) is 18.5 Å². The zero-order chi connectivity index (χ0) is 11.1. The number of hydrogen-bond donors (Lipinski definition) is 0. The van der Waals surface area contributed by atoms with Crippen LogP contribution >= 0.6 is 0 Å². The van der Waals surface area contributed by atoms with E-state index in [-0.39, 0.29) is 0 Å². The van der Waals surface area contributed by atoms with Crippen molar-refractivity contribution in [2.75, 3.05) is 6.61 Å². The predicted octanol–water partition coefficient (Wildman–Crippen LogP) is 3.34. The van der Waals surface area contributed by atoms with Gasteiger partial charge in [0.25, 0.3) is 0 Å². The molecule has 1 rings (SSSR count). The molecule has 2 heteroatoms. The maximum Gasteiger partial charge on any atom is 0.151 e. The third-order valence-corrected chi connectivity index (χ3v) is 3.46. The molecule has 0 saturated heterocycles. The molecular formula is C13H24O2. The summed E-state index contributed by atoms with van der Waals surface area (Å²) in [5.41, 5.74) is -0.430. The normalized spacial score (nSPS) is 31.5. The van der Waals surface area contributed by atoms with E-state index in [9.17, 15) is 4.79 Å². The van der Waals surface area contributed by atoms with Gasteiger partial charge in [-0.15, -0.1) is 0 Å². The minimum Gasteiger partial charge on any atom is -0.368 e. The van der Waals surface area contributed by atoms with E-state index < -0.39 is 5.60 Å². The predicted molar refractivity (Wildman–Crippen MR) is 61.9 cm³/mol. The summed E-state index contributed by atoms with van der Waals surface area (Å²) < 4.78 is 5.73. The number of aldehydes is 1. The second kappa shape index (κ2) is 6.26. The highest BCUT2D eigenvalue weighted by molar-refractivity contribution is 5.62. The molecule has 2 nitrogen and oxygen atoms in total. The van der Waals surface area contributed by atoms with Crippen molar-refractivity contribution in [2.45, 2.75) is 64.4 Å². The Labute approximate surface area is 93.4 Å². The first-order valence-corrected chi connectivity index (χ1v) is 6.36. The monoisotopic (exact) mass is 212 g/mol.